The van der Waals surface area contributed by atoms with Gasteiger partial charge >= 0.3 is 0 Å². The summed E-state index contributed by atoms with van der Waals surface area (Å²) in [6, 6.07) is 13.7. The molecule has 0 aromatic heterocycles. The fraction of sp³-hybridized carbons (Fsp3) is 0.533. The summed E-state index contributed by atoms with van der Waals surface area (Å²) >= 11 is 6.58. The second-order valence-electron chi connectivity index (χ2n) is 10.9. The summed E-state index contributed by atoms with van der Waals surface area (Å²) in [4.78, 5) is 35.6. The molecule has 7 heteroatoms. The summed E-state index contributed by atoms with van der Waals surface area (Å²) in [5.41, 5.74) is 3.53. The van der Waals surface area contributed by atoms with E-state index in [0.29, 0.717) is 36.6 Å². The molecule has 0 unspecified atom stereocenters. The van der Waals surface area contributed by atoms with Crippen LogP contribution in [0.5, 0.6) is 0 Å². The number of carbonyl (C=O) groups is 2. The number of likely N-dealkylation sites (N-methyl/N-ethyl adjacent to an activating group) is 1. The normalized spacial score (nSPS) is 17.9. The number of piperidine rings is 1. The molecule has 2 aliphatic heterocycles. The lowest BCUT2D eigenvalue weighted by Gasteiger charge is -2.31. The number of halogens is 1. The lowest BCUT2D eigenvalue weighted by molar-refractivity contribution is -0.119. The van der Waals surface area contributed by atoms with Crippen LogP contribution in [0.3, 0.4) is 0 Å². The molecule has 2 aliphatic rings. The van der Waals surface area contributed by atoms with Crippen LogP contribution in [0.25, 0.3) is 0 Å². The molecule has 2 aromatic carbocycles. The maximum Gasteiger partial charge on any atom is 0.254 e. The average molecular weight is 525 g/mol. The Hall–Kier alpha value is -2.57. The summed E-state index contributed by atoms with van der Waals surface area (Å²) < 4.78 is 0. The minimum absolute atomic E-state index is 0.00238. The number of fused-ring (bicyclic) bond motifs is 1. The number of rotatable bonds is 4. The maximum absolute atomic E-state index is 13.9. The molecule has 6 nitrogen and oxygen atoms in total. The van der Waals surface area contributed by atoms with E-state index >= 15 is 0 Å². The molecule has 1 saturated heterocycles. The van der Waals surface area contributed by atoms with E-state index < -0.39 is 0 Å². The molecule has 0 N–H and O–H groups in total. The Morgan fingerprint density at radius 2 is 1.62 bits per heavy atom. The van der Waals surface area contributed by atoms with Crippen LogP contribution in [-0.4, -0.2) is 67.9 Å². The van der Waals surface area contributed by atoms with Crippen molar-refractivity contribution in [2.75, 3.05) is 56.1 Å². The largest absolute Gasteiger partial charge is 0.370 e. The first-order valence-electron chi connectivity index (χ1n) is 13.7. The van der Waals surface area contributed by atoms with Crippen molar-refractivity contribution in [1.29, 1.82) is 0 Å². The Kier molecular flexibility index (Phi) is 9.49. The standard InChI is InChI=1S/C30H41ClN4O2/c1-23(2)20-29(36)35-17-9-14-32(3)18-19-34(22-25-10-5-6-11-27(25)35)30(37)24-12-13-26(31)28(21-24)33-15-7-4-8-16-33/h5-6,10-13,21,23H,4,7-9,14-20,22H2,1-3H3. The average Bonchev–Trinajstić information content (AvgIpc) is 2.92. The zero-order valence-electron chi connectivity index (χ0n) is 22.6. The predicted octanol–water partition coefficient (Wildman–Crippen LogP) is 5.69. The van der Waals surface area contributed by atoms with Gasteiger partial charge in [-0.15, -0.1) is 0 Å². The number of hydrogen-bond donors (Lipinski definition) is 0. The van der Waals surface area contributed by atoms with Crippen molar-refractivity contribution >= 4 is 34.8 Å². The van der Waals surface area contributed by atoms with E-state index in [1.54, 1.807) is 0 Å². The van der Waals surface area contributed by atoms with Gasteiger partial charge in [0.15, 0.2) is 0 Å². The fourth-order valence-corrected chi connectivity index (χ4v) is 5.55. The molecule has 0 saturated carbocycles. The van der Waals surface area contributed by atoms with E-state index in [0.717, 1.165) is 62.4 Å². The Bertz CT molecular complexity index is 1080. The second kappa shape index (κ2) is 12.8. The van der Waals surface area contributed by atoms with Crippen LogP contribution < -0.4 is 9.80 Å². The van der Waals surface area contributed by atoms with E-state index in [9.17, 15) is 9.59 Å². The Balaban J connectivity index is 1.65. The zero-order chi connectivity index (χ0) is 26.4. The molecule has 4 rings (SSSR count). The van der Waals surface area contributed by atoms with Gasteiger partial charge in [-0.25, -0.2) is 0 Å². The van der Waals surface area contributed by atoms with Crippen LogP contribution in [0.1, 0.15) is 61.9 Å². The number of hydrogen-bond acceptors (Lipinski definition) is 4. The highest BCUT2D eigenvalue weighted by atomic mass is 35.5. The Morgan fingerprint density at radius 1 is 0.865 bits per heavy atom. The molecular formula is C30H41ClN4O2. The van der Waals surface area contributed by atoms with Crippen LogP contribution in [0.2, 0.25) is 5.02 Å². The van der Waals surface area contributed by atoms with Gasteiger partial charge in [-0.2, -0.15) is 0 Å². The van der Waals surface area contributed by atoms with Crippen molar-refractivity contribution in [3.8, 4) is 0 Å². The molecule has 2 aromatic rings. The van der Waals surface area contributed by atoms with Crippen LogP contribution in [0.15, 0.2) is 42.5 Å². The first-order chi connectivity index (χ1) is 17.8. The molecule has 200 valence electrons. The van der Waals surface area contributed by atoms with Crippen LogP contribution in [0.4, 0.5) is 11.4 Å². The monoisotopic (exact) mass is 524 g/mol. The summed E-state index contributed by atoms with van der Waals surface area (Å²) in [7, 11) is 2.09. The van der Waals surface area contributed by atoms with Gasteiger partial charge in [0.05, 0.1) is 10.7 Å². The minimum Gasteiger partial charge on any atom is -0.370 e. The van der Waals surface area contributed by atoms with Gasteiger partial charge in [0.2, 0.25) is 5.91 Å². The number of amides is 2. The topological polar surface area (TPSA) is 47.1 Å². The third-order valence-electron chi connectivity index (χ3n) is 7.38. The third-order valence-corrected chi connectivity index (χ3v) is 7.70. The smallest absolute Gasteiger partial charge is 0.254 e. The van der Waals surface area contributed by atoms with Crippen molar-refractivity contribution in [3.05, 3.63) is 58.6 Å². The fourth-order valence-electron chi connectivity index (χ4n) is 5.31. The van der Waals surface area contributed by atoms with E-state index in [2.05, 4.69) is 30.7 Å². The molecule has 0 bridgehead atoms. The van der Waals surface area contributed by atoms with Crippen molar-refractivity contribution in [3.63, 3.8) is 0 Å². The molecule has 37 heavy (non-hydrogen) atoms. The summed E-state index contributed by atoms with van der Waals surface area (Å²) in [5, 5.41) is 0.695. The van der Waals surface area contributed by atoms with Gasteiger partial charge < -0.3 is 19.6 Å². The van der Waals surface area contributed by atoms with Gasteiger partial charge in [0.1, 0.15) is 0 Å². The minimum atomic E-state index is -0.00238. The molecule has 0 atom stereocenters. The predicted molar refractivity (Wildman–Crippen MR) is 153 cm³/mol. The lowest BCUT2D eigenvalue weighted by atomic mass is 10.1. The van der Waals surface area contributed by atoms with Gasteiger partial charge in [-0.1, -0.05) is 43.6 Å². The highest BCUT2D eigenvalue weighted by molar-refractivity contribution is 6.33. The zero-order valence-corrected chi connectivity index (χ0v) is 23.3. The number of benzene rings is 2. The molecule has 1 fully saturated rings. The Morgan fingerprint density at radius 3 is 2.38 bits per heavy atom. The summed E-state index contributed by atoms with van der Waals surface area (Å²) in [6.07, 6.45) is 4.94. The van der Waals surface area contributed by atoms with E-state index in [4.69, 9.17) is 11.6 Å². The second-order valence-corrected chi connectivity index (χ2v) is 11.3. The van der Waals surface area contributed by atoms with Gasteiger partial charge in [0.25, 0.3) is 5.91 Å². The van der Waals surface area contributed by atoms with Gasteiger partial charge in [0, 0.05) is 56.9 Å². The third kappa shape index (κ3) is 7.05. The first kappa shape index (κ1) is 27.5. The number of para-hydroxylation sites is 1. The molecule has 2 amide bonds. The number of nitrogens with zero attached hydrogens (tertiary/aromatic N) is 4. The van der Waals surface area contributed by atoms with Gasteiger partial charge in [-0.3, -0.25) is 9.59 Å². The Labute approximate surface area is 227 Å². The van der Waals surface area contributed by atoms with Crippen molar-refractivity contribution in [2.24, 2.45) is 5.92 Å². The van der Waals surface area contributed by atoms with Gasteiger partial charge in [-0.05, 0) is 75.0 Å². The molecule has 0 spiro atoms. The maximum atomic E-state index is 13.9. The van der Waals surface area contributed by atoms with E-state index in [1.165, 1.54) is 6.42 Å². The van der Waals surface area contributed by atoms with E-state index in [-0.39, 0.29) is 17.7 Å². The SMILES string of the molecule is CC(C)CC(=O)N1CCCN(C)CCN(C(=O)c2ccc(Cl)c(N3CCCCC3)c2)Cc2ccccc21. The van der Waals surface area contributed by atoms with Crippen LogP contribution >= 0.6 is 11.6 Å². The lowest BCUT2D eigenvalue weighted by Crippen LogP contribution is -2.37. The molecule has 0 radical (unpaired) electrons. The molecule has 0 aliphatic carbocycles. The first-order valence-corrected chi connectivity index (χ1v) is 14.1. The van der Waals surface area contributed by atoms with Crippen LogP contribution in [0, 0.1) is 5.92 Å². The van der Waals surface area contributed by atoms with E-state index in [1.807, 2.05) is 52.3 Å². The van der Waals surface area contributed by atoms with Crippen molar-refractivity contribution in [2.45, 2.75) is 52.5 Å². The molecular weight excluding hydrogens is 484 g/mol. The van der Waals surface area contributed by atoms with Crippen molar-refractivity contribution in [1.82, 2.24) is 9.80 Å². The molecule has 2 heterocycles. The summed E-state index contributed by atoms with van der Waals surface area (Å²) in [6.45, 7) is 9.50. The van der Waals surface area contributed by atoms with Crippen LogP contribution in [-0.2, 0) is 11.3 Å². The quantitative estimate of drug-likeness (QED) is 0.515. The van der Waals surface area contributed by atoms with Crippen molar-refractivity contribution < 1.29 is 9.59 Å². The highest BCUT2D eigenvalue weighted by Crippen LogP contribution is 2.31. The highest BCUT2D eigenvalue weighted by Gasteiger charge is 2.25. The summed E-state index contributed by atoms with van der Waals surface area (Å²) in [5.74, 6) is 0.432. The number of anilines is 2. The number of carbonyl (C=O) groups excluding carboxylic acids is 2.